The average molecular weight is 778 g/mol. The molecule has 0 aliphatic heterocycles. The smallest absolute Gasteiger partial charge is 0.370 e. The molecule has 51 heavy (non-hydrogen) atoms. The third-order valence-electron chi connectivity index (χ3n) is 7.01. The second-order valence-corrected chi connectivity index (χ2v) is 20.3. The van der Waals surface area contributed by atoms with Gasteiger partial charge in [-0.05, 0) is 93.5 Å². The third-order valence-corrected chi connectivity index (χ3v) is 13.3. The average Bonchev–Trinajstić information content (AvgIpc) is 2.95. The van der Waals surface area contributed by atoms with E-state index >= 15 is 0 Å². The molecule has 0 saturated heterocycles. The fourth-order valence-corrected chi connectivity index (χ4v) is 7.30. The van der Waals surface area contributed by atoms with E-state index in [1.165, 1.54) is 69.2 Å². The Bertz CT molecular complexity index is 1660. The minimum atomic E-state index is -4.66. The Balaban J connectivity index is 0.000000865. The molecular weight excluding hydrogens is 732 g/mol. The van der Waals surface area contributed by atoms with Crippen LogP contribution in [0.3, 0.4) is 0 Å². The van der Waals surface area contributed by atoms with Crippen LogP contribution < -0.4 is 16.4 Å². The topological polar surface area (TPSA) is 195 Å². The lowest BCUT2D eigenvalue weighted by Gasteiger charge is -2.31. The lowest BCUT2D eigenvalue weighted by Crippen LogP contribution is -2.51. The quantitative estimate of drug-likeness (QED) is 0.285. The Labute approximate surface area is 294 Å². The number of halogens is 6. The fraction of sp³-hybridized carbons (Fsp3) is 0.581. The number of amides is 3. The molecule has 4 N–H and O–H groups in total. The van der Waals surface area contributed by atoms with Gasteiger partial charge in [0.05, 0.1) is 15.1 Å². The zero-order valence-corrected chi connectivity index (χ0v) is 31.7. The number of anilines is 2. The molecule has 0 spiro atoms. The van der Waals surface area contributed by atoms with E-state index in [9.17, 15) is 57.6 Å². The van der Waals surface area contributed by atoms with Gasteiger partial charge in [0.15, 0.2) is 19.7 Å². The van der Waals surface area contributed by atoms with Gasteiger partial charge in [0.1, 0.15) is 26.8 Å². The molecular formula is C31H45F6N5O7S2. The Morgan fingerprint density at radius 2 is 1.08 bits per heavy atom. The van der Waals surface area contributed by atoms with E-state index in [2.05, 4.69) is 26.3 Å². The maximum absolute atomic E-state index is 12.6. The van der Waals surface area contributed by atoms with Crippen molar-refractivity contribution in [1.82, 2.24) is 9.97 Å². The van der Waals surface area contributed by atoms with Gasteiger partial charge in [-0.2, -0.15) is 26.3 Å². The number of primary amides is 1. The Morgan fingerprint density at radius 1 is 0.686 bits per heavy atom. The summed E-state index contributed by atoms with van der Waals surface area (Å²) >= 11 is 0. The molecule has 0 fully saturated rings. The van der Waals surface area contributed by atoms with E-state index < -0.39 is 74.1 Å². The second-order valence-electron chi connectivity index (χ2n) is 13.8. The van der Waals surface area contributed by atoms with Crippen molar-refractivity contribution in [3.8, 4) is 0 Å². The van der Waals surface area contributed by atoms with Crippen LogP contribution in [0.2, 0.25) is 0 Å². The van der Waals surface area contributed by atoms with Gasteiger partial charge in [-0.1, -0.05) is 13.0 Å². The molecule has 0 saturated carbocycles. The summed E-state index contributed by atoms with van der Waals surface area (Å²) in [6.07, 6.45) is -7.91. The highest BCUT2D eigenvalue weighted by Crippen LogP contribution is 2.33. The first-order chi connectivity index (χ1) is 22.5. The van der Waals surface area contributed by atoms with Crippen molar-refractivity contribution in [2.45, 2.75) is 114 Å². The SMILES string of the molecule is CC(C)(C)S(=O)(=O)C(C)(C)C(=O)Nc1cc(C(F)(F)F)ccn1.CC(C)(C)S(=O)(=O)C(C)(C)C(=O)Nc1cccc(C(F)(F)F)n1.CCC(N)=O. The highest BCUT2D eigenvalue weighted by Gasteiger charge is 2.49. The highest BCUT2D eigenvalue weighted by atomic mass is 32.2. The summed E-state index contributed by atoms with van der Waals surface area (Å²) in [5.74, 6) is -2.85. The molecule has 0 radical (unpaired) electrons. The normalized spacial score (nSPS) is 13.1. The van der Waals surface area contributed by atoms with Crippen molar-refractivity contribution in [2.24, 2.45) is 5.73 Å². The van der Waals surface area contributed by atoms with Crippen LogP contribution in [-0.4, -0.2) is 63.5 Å². The van der Waals surface area contributed by atoms with Crippen molar-refractivity contribution in [2.75, 3.05) is 10.6 Å². The summed E-state index contributed by atoms with van der Waals surface area (Å²) in [7, 11) is -7.79. The van der Waals surface area contributed by atoms with Crippen LogP contribution >= 0.6 is 0 Å². The predicted octanol–water partition coefficient (Wildman–Crippen LogP) is 5.94. The minimum Gasteiger partial charge on any atom is -0.370 e. The maximum Gasteiger partial charge on any atom is 0.433 e. The largest absolute Gasteiger partial charge is 0.433 e. The van der Waals surface area contributed by atoms with Crippen LogP contribution in [0, 0.1) is 0 Å². The van der Waals surface area contributed by atoms with Crippen molar-refractivity contribution >= 4 is 49.0 Å². The van der Waals surface area contributed by atoms with Crippen LogP contribution in [0.5, 0.6) is 0 Å². The van der Waals surface area contributed by atoms with E-state index in [0.29, 0.717) is 12.5 Å². The molecule has 0 atom stereocenters. The molecule has 2 rings (SSSR count). The molecule has 0 aliphatic rings. The van der Waals surface area contributed by atoms with E-state index in [1.807, 2.05) is 0 Å². The van der Waals surface area contributed by atoms with Crippen molar-refractivity contribution in [1.29, 1.82) is 0 Å². The van der Waals surface area contributed by atoms with Crippen LogP contribution in [0.1, 0.15) is 93.8 Å². The number of pyridine rings is 2. The van der Waals surface area contributed by atoms with Crippen LogP contribution in [0.15, 0.2) is 36.5 Å². The third kappa shape index (κ3) is 12.1. The number of alkyl halides is 6. The zero-order chi connectivity index (χ0) is 40.8. The first-order valence-corrected chi connectivity index (χ1v) is 17.9. The van der Waals surface area contributed by atoms with E-state index in [4.69, 9.17) is 0 Å². The summed E-state index contributed by atoms with van der Waals surface area (Å²) in [6.45, 7) is 15.2. The van der Waals surface area contributed by atoms with Crippen molar-refractivity contribution in [3.05, 3.63) is 47.8 Å². The zero-order valence-electron chi connectivity index (χ0n) is 30.1. The molecule has 290 valence electrons. The predicted molar refractivity (Wildman–Crippen MR) is 181 cm³/mol. The van der Waals surface area contributed by atoms with Gasteiger partial charge in [0.25, 0.3) is 0 Å². The molecule has 2 heterocycles. The first-order valence-electron chi connectivity index (χ1n) is 15.0. The number of hydrogen-bond acceptors (Lipinski definition) is 9. The Hall–Kier alpha value is -3.81. The van der Waals surface area contributed by atoms with Crippen LogP contribution in [0.25, 0.3) is 0 Å². The Kier molecular flexibility index (Phi) is 15.0. The molecule has 3 amide bonds. The molecule has 0 bridgehead atoms. The van der Waals surface area contributed by atoms with Gasteiger partial charge in [-0.25, -0.2) is 26.8 Å². The van der Waals surface area contributed by atoms with Crippen molar-refractivity contribution in [3.63, 3.8) is 0 Å². The van der Waals surface area contributed by atoms with Gasteiger partial charge in [-0.3, -0.25) is 14.4 Å². The van der Waals surface area contributed by atoms with Gasteiger partial charge in [0, 0.05) is 12.6 Å². The summed E-state index contributed by atoms with van der Waals surface area (Å²) in [6, 6.07) is 4.40. The molecule has 2 aromatic rings. The minimum absolute atomic E-state index is 0.245. The van der Waals surface area contributed by atoms with Crippen LogP contribution in [-0.2, 0) is 46.4 Å². The van der Waals surface area contributed by atoms with Gasteiger partial charge in [0.2, 0.25) is 17.7 Å². The monoisotopic (exact) mass is 777 g/mol. The fourth-order valence-electron chi connectivity index (χ4n) is 3.65. The number of nitrogens with two attached hydrogens (primary N) is 1. The highest BCUT2D eigenvalue weighted by molar-refractivity contribution is 7.95. The van der Waals surface area contributed by atoms with Gasteiger partial charge in [-0.15, -0.1) is 0 Å². The molecule has 0 aliphatic carbocycles. The van der Waals surface area contributed by atoms with Crippen molar-refractivity contribution < 1.29 is 57.6 Å². The standard InChI is InChI=1S/2C14H19F3N2O3S.C3H7NO/c1-12(2,3)23(21,22)13(4,5)11(20)19-10-8-9(6-7-18-10)14(15,16)17;1-12(2,3)23(21,22)13(4,5)11(20)19-10-8-6-7-9(18-10)14(15,16)17;1-2-3(4)5/h2*6-8H,1-5H3,(H,18,19,20);2H2,1H3,(H2,4,5). The first kappa shape index (κ1) is 47.2. The number of aromatic nitrogens is 2. The maximum atomic E-state index is 12.6. The van der Waals surface area contributed by atoms with Gasteiger partial charge >= 0.3 is 12.4 Å². The van der Waals surface area contributed by atoms with E-state index in [1.54, 1.807) is 6.92 Å². The summed E-state index contributed by atoms with van der Waals surface area (Å²) in [5, 5.41) is 4.29. The Morgan fingerprint density at radius 3 is 1.41 bits per heavy atom. The number of carbonyl (C=O) groups is 3. The summed E-state index contributed by atoms with van der Waals surface area (Å²) in [4.78, 5) is 41.1. The number of hydrogen-bond donors (Lipinski definition) is 3. The molecule has 0 unspecified atom stereocenters. The molecule has 12 nitrogen and oxygen atoms in total. The molecule has 20 heteroatoms. The van der Waals surface area contributed by atoms with Crippen LogP contribution in [0.4, 0.5) is 38.0 Å². The van der Waals surface area contributed by atoms with Gasteiger partial charge < -0.3 is 16.4 Å². The number of nitrogens with zero attached hydrogens (tertiary/aromatic N) is 2. The number of nitrogens with one attached hydrogen (secondary N) is 2. The van der Waals surface area contributed by atoms with E-state index in [0.717, 1.165) is 30.5 Å². The molecule has 2 aromatic heterocycles. The number of sulfone groups is 2. The van der Waals surface area contributed by atoms with E-state index in [-0.39, 0.29) is 17.5 Å². The second kappa shape index (κ2) is 16.2. The summed E-state index contributed by atoms with van der Waals surface area (Å²) in [5.41, 5.74) is 2.49. The lowest BCUT2D eigenvalue weighted by atomic mass is 10.2. The lowest BCUT2D eigenvalue weighted by molar-refractivity contribution is -0.141. The number of carbonyl (C=O) groups excluding carboxylic acids is 3. The summed E-state index contributed by atoms with van der Waals surface area (Å²) < 4.78 is 120. The number of rotatable bonds is 7. The molecule has 0 aromatic carbocycles.